The molecular weight excluding hydrogens is 324 g/mol. The first-order chi connectivity index (χ1) is 11.5. The van der Waals surface area contributed by atoms with Gasteiger partial charge in [-0.05, 0) is 49.4 Å². The lowest BCUT2D eigenvalue weighted by atomic mass is 10.1. The molecule has 6 heteroatoms. The van der Waals surface area contributed by atoms with Crippen LogP contribution in [0, 0.1) is 25.2 Å². The van der Waals surface area contributed by atoms with Crippen molar-refractivity contribution >= 4 is 27.8 Å². The molecule has 2 heterocycles. The van der Waals surface area contributed by atoms with E-state index in [1.54, 1.807) is 44.2 Å². The number of carbonyl (C=O) groups excluding carboxylic acids is 1. The zero-order valence-electron chi connectivity index (χ0n) is 13.0. The number of hydrogen-bond donors (Lipinski definition) is 0. The van der Waals surface area contributed by atoms with Gasteiger partial charge in [-0.1, -0.05) is 18.2 Å². The van der Waals surface area contributed by atoms with E-state index in [4.69, 9.17) is 4.42 Å². The Morgan fingerprint density at radius 1 is 1.25 bits per heavy atom. The first-order valence-corrected chi connectivity index (χ1v) is 7.94. The maximum atomic E-state index is 12.5. The number of hydrogen-bond acceptors (Lipinski definition) is 6. The maximum Gasteiger partial charge on any atom is 0.348 e. The van der Waals surface area contributed by atoms with Crippen molar-refractivity contribution in [2.75, 3.05) is 0 Å². The van der Waals surface area contributed by atoms with Crippen molar-refractivity contribution in [3.8, 4) is 6.07 Å². The van der Waals surface area contributed by atoms with Crippen molar-refractivity contribution in [1.82, 2.24) is 4.98 Å². The van der Waals surface area contributed by atoms with Gasteiger partial charge in [0.2, 0.25) is 5.12 Å². The van der Waals surface area contributed by atoms with Crippen LogP contribution in [0.5, 0.6) is 0 Å². The summed E-state index contributed by atoms with van der Waals surface area (Å²) in [6.45, 7) is 3.57. The van der Waals surface area contributed by atoms with Crippen LogP contribution in [-0.2, 0) is 0 Å². The number of aryl methyl sites for hydroxylation is 2. The van der Waals surface area contributed by atoms with Crippen LogP contribution in [0.25, 0.3) is 11.0 Å². The molecule has 0 spiro atoms. The fourth-order valence-corrected chi connectivity index (χ4v) is 3.29. The molecule has 24 heavy (non-hydrogen) atoms. The van der Waals surface area contributed by atoms with Gasteiger partial charge >= 0.3 is 5.63 Å². The summed E-state index contributed by atoms with van der Waals surface area (Å²) in [5.41, 5.74) is 1.44. The summed E-state index contributed by atoms with van der Waals surface area (Å²) >= 11 is 0.766. The third kappa shape index (κ3) is 2.94. The highest BCUT2D eigenvalue weighted by Crippen LogP contribution is 2.26. The van der Waals surface area contributed by atoms with Crippen LogP contribution in [0.4, 0.5) is 0 Å². The molecule has 0 aliphatic heterocycles. The van der Waals surface area contributed by atoms with Crippen molar-refractivity contribution in [3.63, 3.8) is 0 Å². The summed E-state index contributed by atoms with van der Waals surface area (Å²) in [6, 6.07) is 12.3. The van der Waals surface area contributed by atoms with E-state index >= 15 is 0 Å². The third-order valence-electron chi connectivity index (χ3n) is 3.47. The van der Waals surface area contributed by atoms with Gasteiger partial charge in [-0.2, -0.15) is 5.26 Å². The Labute approximate surface area is 141 Å². The molecule has 0 aliphatic carbocycles. The Kier molecular flexibility index (Phi) is 4.19. The average molecular weight is 336 g/mol. The minimum Gasteiger partial charge on any atom is -0.422 e. The number of pyridine rings is 1. The third-order valence-corrected chi connectivity index (χ3v) is 4.37. The number of thioether (sulfide) groups is 1. The summed E-state index contributed by atoms with van der Waals surface area (Å²) in [5.74, 6) is 0. The fraction of sp³-hybridized carbons (Fsp3) is 0.111. The van der Waals surface area contributed by atoms with Crippen molar-refractivity contribution < 1.29 is 9.21 Å². The van der Waals surface area contributed by atoms with E-state index in [9.17, 15) is 14.9 Å². The molecule has 1 aromatic carbocycles. The molecule has 2 aromatic heterocycles. The van der Waals surface area contributed by atoms with Gasteiger partial charge in [-0.15, -0.1) is 0 Å². The van der Waals surface area contributed by atoms with E-state index in [0.717, 1.165) is 17.3 Å². The van der Waals surface area contributed by atoms with Crippen LogP contribution in [-0.4, -0.2) is 10.1 Å². The van der Waals surface area contributed by atoms with Crippen LogP contribution in [0.1, 0.15) is 27.2 Å². The normalized spacial score (nSPS) is 10.5. The monoisotopic (exact) mass is 336 g/mol. The van der Waals surface area contributed by atoms with Crippen molar-refractivity contribution in [1.29, 1.82) is 5.26 Å². The molecule has 0 saturated carbocycles. The van der Waals surface area contributed by atoms with E-state index in [1.165, 1.54) is 6.07 Å². The zero-order valence-corrected chi connectivity index (χ0v) is 13.8. The molecule has 0 saturated heterocycles. The van der Waals surface area contributed by atoms with Crippen molar-refractivity contribution in [2.45, 2.75) is 18.9 Å². The van der Waals surface area contributed by atoms with Crippen LogP contribution in [0.2, 0.25) is 0 Å². The lowest BCUT2D eigenvalue weighted by Gasteiger charge is -2.06. The number of aromatic nitrogens is 1. The van der Waals surface area contributed by atoms with Crippen LogP contribution in [0.3, 0.4) is 0 Å². The molecule has 0 fully saturated rings. The van der Waals surface area contributed by atoms with Gasteiger partial charge in [0.05, 0.1) is 5.56 Å². The molecule has 5 nitrogen and oxygen atoms in total. The highest BCUT2D eigenvalue weighted by Gasteiger charge is 2.19. The van der Waals surface area contributed by atoms with Gasteiger partial charge in [0.15, 0.2) is 0 Å². The van der Waals surface area contributed by atoms with Crippen molar-refractivity contribution in [3.05, 3.63) is 69.2 Å². The Morgan fingerprint density at radius 3 is 2.75 bits per heavy atom. The quantitative estimate of drug-likeness (QED) is 0.525. The summed E-state index contributed by atoms with van der Waals surface area (Å²) in [4.78, 5) is 28.8. The topological polar surface area (TPSA) is 84.0 Å². The minimum atomic E-state index is -0.700. The second-order valence-corrected chi connectivity index (χ2v) is 6.21. The Hall–Kier alpha value is -2.91. The Morgan fingerprint density at radius 2 is 2.00 bits per heavy atom. The smallest absolute Gasteiger partial charge is 0.348 e. The second-order valence-electron chi connectivity index (χ2n) is 5.25. The van der Waals surface area contributed by atoms with Gasteiger partial charge in [-0.3, -0.25) is 4.79 Å². The Bertz CT molecular complexity index is 1060. The lowest BCUT2D eigenvalue weighted by Crippen LogP contribution is -2.12. The van der Waals surface area contributed by atoms with Crippen LogP contribution < -0.4 is 5.63 Å². The molecule has 0 amide bonds. The molecule has 0 atom stereocenters. The van der Waals surface area contributed by atoms with E-state index < -0.39 is 10.7 Å². The van der Waals surface area contributed by atoms with Gasteiger partial charge < -0.3 is 4.42 Å². The van der Waals surface area contributed by atoms with E-state index in [-0.39, 0.29) is 5.56 Å². The predicted molar refractivity (Wildman–Crippen MR) is 91.1 cm³/mol. The molecular formula is C18H12N2O3S. The van der Waals surface area contributed by atoms with Crippen molar-refractivity contribution in [2.24, 2.45) is 0 Å². The number of carbonyl (C=O) groups is 1. The predicted octanol–water partition coefficient (Wildman–Crippen LogP) is 3.61. The molecule has 3 rings (SSSR count). The van der Waals surface area contributed by atoms with Gasteiger partial charge in [-0.25, -0.2) is 9.78 Å². The summed E-state index contributed by atoms with van der Waals surface area (Å²) in [7, 11) is 0. The van der Waals surface area contributed by atoms with E-state index in [1.807, 2.05) is 0 Å². The largest absolute Gasteiger partial charge is 0.422 e. The molecule has 0 N–H and O–H groups in total. The first-order valence-electron chi connectivity index (χ1n) is 7.13. The number of benzene rings is 1. The Balaban J connectivity index is 2.04. The highest BCUT2D eigenvalue weighted by atomic mass is 32.2. The highest BCUT2D eigenvalue weighted by molar-refractivity contribution is 8.14. The lowest BCUT2D eigenvalue weighted by molar-refractivity contribution is 0.108. The van der Waals surface area contributed by atoms with Gasteiger partial charge in [0.25, 0.3) is 0 Å². The molecule has 0 radical (unpaired) electrons. The van der Waals surface area contributed by atoms with E-state index in [0.29, 0.717) is 27.3 Å². The van der Waals surface area contributed by atoms with Gasteiger partial charge in [0.1, 0.15) is 22.2 Å². The molecule has 0 bridgehead atoms. The van der Waals surface area contributed by atoms with E-state index in [2.05, 4.69) is 11.1 Å². The van der Waals surface area contributed by atoms with Crippen LogP contribution >= 0.6 is 11.8 Å². The minimum absolute atomic E-state index is 0.0662. The number of nitrogens with zero attached hydrogens (tertiary/aromatic N) is 2. The average Bonchev–Trinajstić information content (AvgIpc) is 2.53. The number of nitriles is 1. The fourth-order valence-electron chi connectivity index (χ4n) is 2.36. The SMILES string of the molecule is Cc1cc(C)c(C#N)c(SC(=O)c2cc3ccccc3oc2=O)n1. The number of fused-ring (bicyclic) bond motifs is 1. The zero-order chi connectivity index (χ0) is 17.3. The summed E-state index contributed by atoms with van der Waals surface area (Å²) < 4.78 is 5.18. The van der Waals surface area contributed by atoms with Crippen LogP contribution in [0.15, 0.2) is 50.6 Å². The summed E-state index contributed by atoms with van der Waals surface area (Å²) in [6.07, 6.45) is 0. The summed E-state index contributed by atoms with van der Waals surface area (Å²) in [5, 5.41) is 9.74. The molecule has 0 aliphatic rings. The molecule has 3 aromatic rings. The maximum absolute atomic E-state index is 12.5. The standard InChI is InChI=1S/C18H12N2O3S/c1-10-7-11(2)20-16(14(10)9-19)24-18(22)13-8-12-5-3-4-6-15(12)23-17(13)21/h3-8H,1-2H3. The number of rotatable bonds is 2. The molecule has 0 unspecified atom stereocenters. The van der Waals surface area contributed by atoms with Gasteiger partial charge in [0, 0.05) is 11.1 Å². The number of para-hydroxylation sites is 1. The second kappa shape index (κ2) is 6.30. The first kappa shape index (κ1) is 16.0. The molecule has 118 valence electrons.